The van der Waals surface area contributed by atoms with Crippen LogP contribution in [0.15, 0.2) is 6.20 Å². The molecule has 0 saturated carbocycles. The molecule has 1 aromatic rings. The van der Waals surface area contributed by atoms with Crippen LogP contribution < -0.4 is 5.32 Å². The van der Waals surface area contributed by atoms with Crippen LogP contribution in [0.1, 0.15) is 52.1 Å². The monoisotopic (exact) mass is 237 g/mol. The van der Waals surface area contributed by atoms with E-state index in [1.165, 1.54) is 19.3 Å². The molecule has 0 atom stereocenters. The molecule has 0 aromatic carbocycles. The Morgan fingerprint density at radius 2 is 2.12 bits per heavy atom. The fraction of sp³-hybridized carbons (Fsp3) is 0.786. The summed E-state index contributed by atoms with van der Waals surface area (Å²) in [7, 11) is 0. The molecular weight excluding hydrogens is 210 g/mol. The maximum Gasteiger partial charge on any atom is 0.203 e. The second-order valence-electron chi connectivity index (χ2n) is 5.22. The smallest absolute Gasteiger partial charge is 0.203 e. The third kappa shape index (κ3) is 5.24. The van der Waals surface area contributed by atoms with E-state index in [9.17, 15) is 0 Å². The number of rotatable bonds is 8. The van der Waals surface area contributed by atoms with Crippen molar-refractivity contribution in [1.82, 2.24) is 9.55 Å². The first-order valence-corrected chi connectivity index (χ1v) is 6.91. The Balaban J connectivity index is 2.30. The fourth-order valence-electron chi connectivity index (χ4n) is 1.98. The van der Waals surface area contributed by atoms with Crippen LogP contribution in [0.5, 0.6) is 0 Å². The van der Waals surface area contributed by atoms with Gasteiger partial charge in [-0.15, -0.1) is 0 Å². The van der Waals surface area contributed by atoms with E-state index in [1.54, 1.807) is 0 Å². The molecule has 0 amide bonds. The van der Waals surface area contributed by atoms with Crippen molar-refractivity contribution in [2.75, 3.05) is 11.9 Å². The van der Waals surface area contributed by atoms with E-state index in [1.807, 2.05) is 0 Å². The highest BCUT2D eigenvalue weighted by molar-refractivity contribution is 5.28. The molecule has 3 nitrogen and oxygen atoms in total. The molecule has 3 heteroatoms. The summed E-state index contributed by atoms with van der Waals surface area (Å²) >= 11 is 0. The third-order valence-corrected chi connectivity index (χ3v) is 2.85. The van der Waals surface area contributed by atoms with Crippen molar-refractivity contribution in [3.05, 3.63) is 11.9 Å². The van der Waals surface area contributed by atoms with Gasteiger partial charge in [0.25, 0.3) is 0 Å². The van der Waals surface area contributed by atoms with E-state index in [2.05, 4.69) is 48.8 Å². The van der Waals surface area contributed by atoms with Gasteiger partial charge in [-0.05, 0) is 25.7 Å². The van der Waals surface area contributed by atoms with Crippen LogP contribution in [0, 0.1) is 12.8 Å². The summed E-state index contributed by atoms with van der Waals surface area (Å²) in [6.07, 6.45) is 7.14. The van der Waals surface area contributed by atoms with Gasteiger partial charge in [0.2, 0.25) is 5.95 Å². The lowest BCUT2D eigenvalue weighted by Crippen LogP contribution is -2.08. The van der Waals surface area contributed by atoms with Crippen molar-refractivity contribution in [2.45, 2.75) is 59.9 Å². The van der Waals surface area contributed by atoms with Gasteiger partial charge in [-0.1, -0.05) is 33.6 Å². The summed E-state index contributed by atoms with van der Waals surface area (Å²) < 4.78 is 2.22. The number of unbranched alkanes of at least 4 members (excludes halogenated alkanes) is 1. The molecule has 0 fully saturated rings. The first-order valence-electron chi connectivity index (χ1n) is 6.91. The highest BCUT2D eigenvalue weighted by atomic mass is 15.2. The second kappa shape index (κ2) is 7.36. The van der Waals surface area contributed by atoms with Crippen LogP contribution in [-0.2, 0) is 6.54 Å². The minimum atomic E-state index is 0.819. The number of anilines is 1. The lowest BCUT2D eigenvalue weighted by molar-refractivity contribution is 0.544. The standard InChI is InChI=1S/C14H27N3/c1-5-10-17-11-13(4)16-14(17)15-9-7-6-8-12(2)3/h11-12H,5-10H2,1-4H3,(H,15,16). The van der Waals surface area contributed by atoms with E-state index < -0.39 is 0 Å². The van der Waals surface area contributed by atoms with Crippen LogP contribution in [0.3, 0.4) is 0 Å². The second-order valence-corrected chi connectivity index (χ2v) is 5.22. The molecule has 0 aliphatic heterocycles. The minimum Gasteiger partial charge on any atom is -0.356 e. The van der Waals surface area contributed by atoms with E-state index >= 15 is 0 Å². The first-order chi connectivity index (χ1) is 8.13. The van der Waals surface area contributed by atoms with Gasteiger partial charge in [0.1, 0.15) is 0 Å². The van der Waals surface area contributed by atoms with Crippen LogP contribution >= 0.6 is 0 Å². The Bertz CT molecular complexity index is 315. The SMILES string of the molecule is CCCn1cc(C)nc1NCCCCC(C)C. The molecule has 0 bridgehead atoms. The maximum atomic E-state index is 4.51. The number of hydrogen-bond acceptors (Lipinski definition) is 2. The zero-order valence-electron chi connectivity index (χ0n) is 11.8. The van der Waals surface area contributed by atoms with Crippen molar-refractivity contribution < 1.29 is 0 Å². The van der Waals surface area contributed by atoms with E-state index in [0.717, 1.165) is 37.1 Å². The van der Waals surface area contributed by atoms with Crippen molar-refractivity contribution in [3.8, 4) is 0 Å². The van der Waals surface area contributed by atoms with Crippen LogP contribution in [0.2, 0.25) is 0 Å². The summed E-state index contributed by atoms with van der Waals surface area (Å²) in [6, 6.07) is 0. The number of hydrogen-bond donors (Lipinski definition) is 1. The van der Waals surface area contributed by atoms with Gasteiger partial charge in [-0.25, -0.2) is 4.98 Å². The number of nitrogens with one attached hydrogen (secondary N) is 1. The largest absolute Gasteiger partial charge is 0.356 e. The van der Waals surface area contributed by atoms with Crippen molar-refractivity contribution in [3.63, 3.8) is 0 Å². The fourth-order valence-corrected chi connectivity index (χ4v) is 1.98. The predicted octanol–water partition coefficient (Wildman–Crippen LogP) is 3.84. The highest BCUT2D eigenvalue weighted by Crippen LogP contribution is 2.10. The van der Waals surface area contributed by atoms with Gasteiger partial charge < -0.3 is 9.88 Å². The van der Waals surface area contributed by atoms with Crippen molar-refractivity contribution >= 4 is 5.95 Å². The molecule has 0 spiro atoms. The minimum absolute atomic E-state index is 0.819. The molecule has 98 valence electrons. The van der Waals surface area contributed by atoms with Crippen molar-refractivity contribution in [1.29, 1.82) is 0 Å². The molecule has 0 radical (unpaired) electrons. The molecule has 17 heavy (non-hydrogen) atoms. The summed E-state index contributed by atoms with van der Waals surface area (Å²) in [6.45, 7) is 10.9. The van der Waals surface area contributed by atoms with Crippen molar-refractivity contribution in [2.24, 2.45) is 5.92 Å². The molecule has 1 N–H and O–H groups in total. The molecular formula is C14H27N3. The summed E-state index contributed by atoms with van der Waals surface area (Å²) in [5, 5.41) is 3.44. The quantitative estimate of drug-likeness (QED) is 0.696. The number of aromatic nitrogens is 2. The predicted molar refractivity (Wildman–Crippen MR) is 74.4 cm³/mol. The zero-order chi connectivity index (χ0) is 12.7. The van der Waals surface area contributed by atoms with Crippen LogP contribution in [0.25, 0.3) is 0 Å². The molecule has 1 rings (SSSR count). The normalized spacial score (nSPS) is 11.1. The zero-order valence-corrected chi connectivity index (χ0v) is 11.8. The number of imidazole rings is 1. The lowest BCUT2D eigenvalue weighted by Gasteiger charge is -2.09. The Morgan fingerprint density at radius 3 is 2.76 bits per heavy atom. The Kier molecular flexibility index (Phi) is 6.09. The lowest BCUT2D eigenvalue weighted by atomic mass is 10.1. The Hall–Kier alpha value is -0.990. The molecule has 1 heterocycles. The van der Waals surface area contributed by atoms with Crippen LogP contribution in [0.4, 0.5) is 5.95 Å². The van der Waals surface area contributed by atoms with Gasteiger partial charge in [0.05, 0.1) is 5.69 Å². The summed E-state index contributed by atoms with van der Waals surface area (Å²) in [4.78, 5) is 4.51. The van der Waals surface area contributed by atoms with Gasteiger partial charge in [0, 0.05) is 19.3 Å². The number of nitrogens with zero attached hydrogens (tertiary/aromatic N) is 2. The van der Waals surface area contributed by atoms with Crippen LogP contribution in [-0.4, -0.2) is 16.1 Å². The molecule has 0 aliphatic rings. The Morgan fingerprint density at radius 1 is 1.35 bits per heavy atom. The van der Waals surface area contributed by atoms with E-state index in [-0.39, 0.29) is 0 Å². The molecule has 0 unspecified atom stereocenters. The van der Waals surface area contributed by atoms with Gasteiger partial charge in [-0.2, -0.15) is 0 Å². The average molecular weight is 237 g/mol. The topological polar surface area (TPSA) is 29.9 Å². The average Bonchev–Trinajstić information content (AvgIpc) is 2.59. The molecule has 0 aliphatic carbocycles. The van der Waals surface area contributed by atoms with Gasteiger partial charge in [0.15, 0.2) is 0 Å². The third-order valence-electron chi connectivity index (χ3n) is 2.85. The summed E-state index contributed by atoms with van der Waals surface area (Å²) in [5.74, 6) is 1.85. The van der Waals surface area contributed by atoms with E-state index in [0.29, 0.717) is 0 Å². The maximum absolute atomic E-state index is 4.51. The Labute approximate surface area is 106 Å². The number of aryl methyl sites for hydroxylation is 2. The highest BCUT2D eigenvalue weighted by Gasteiger charge is 2.03. The van der Waals surface area contributed by atoms with Gasteiger partial charge in [-0.3, -0.25) is 0 Å². The first kappa shape index (κ1) is 14.1. The summed E-state index contributed by atoms with van der Waals surface area (Å²) in [5.41, 5.74) is 1.10. The van der Waals surface area contributed by atoms with Gasteiger partial charge >= 0.3 is 0 Å². The van der Waals surface area contributed by atoms with E-state index in [4.69, 9.17) is 0 Å². The molecule has 0 saturated heterocycles. The molecule has 1 aromatic heterocycles.